The Bertz CT molecular complexity index is 350. The standard InChI is InChI=1S/C13H14Br/c1-3-9(2)11-6-7-13(14)12(8-11)10-4-5-10/h3,6-10H,1-2,4-5H2. The Kier molecular flexibility index (Phi) is 2.78. The van der Waals surface area contributed by atoms with E-state index >= 15 is 0 Å². The number of hydrogen-bond acceptors (Lipinski definition) is 0. The zero-order chi connectivity index (χ0) is 10.1. The molecule has 2 rings (SSSR count). The van der Waals surface area contributed by atoms with Crippen molar-refractivity contribution in [2.75, 3.05) is 0 Å². The van der Waals surface area contributed by atoms with Crippen molar-refractivity contribution in [1.82, 2.24) is 0 Å². The zero-order valence-corrected chi connectivity index (χ0v) is 9.76. The summed E-state index contributed by atoms with van der Waals surface area (Å²) < 4.78 is 1.24. The van der Waals surface area contributed by atoms with E-state index in [1.165, 1.54) is 28.4 Å². The Morgan fingerprint density at radius 3 is 2.71 bits per heavy atom. The maximum atomic E-state index is 4.04. The molecule has 1 radical (unpaired) electrons. The minimum Gasteiger partial charge on any atom is -0.102 e. The van der Waals surface area contributed by atoms with Gasteiger partial charge in [0.25, 0.3) is 0 Å². The van der Waals surface area contributed by atoms with Crippen molar-refractivity contribution in [3.05, 3.63) is 53.4 Å². The molecule has 1 aromatic rings. The summed E-state index contributed by atoms with van der Waals surface area (Å²) in [5, 5.41) is 0. The first-order valence-electron chi connectivity index (χ1n) is 4.97. The van der Waals surface area contributed by atoms with Gasteiger partial charge >= 0.3 is 0 Å². The van der Waals surface area contributed by atoms with Gasteiger partial charge in [0, 0.05) is 10.4 Å². The fourth-order valence-electron chi connectivity index (χ4n) is 1.64. The predicted molar refractivity (Wildman–Crippen MR) is 64.4 cm³/mol. The van der Waals surface area contributed by atoms with Gasteiger partial charge in [0.1, 0.15) is 0 Å². The Balaban J connectivity index is 2.34. The molecule has 1 fully saturated rings. The van der Waals surface area contributed by atoms with Crippen molar-refractivity contribution in [2.24, 2.45) is 0 Å². The fraction of sp³-hybridized carbons (Fsp3) is 0.308. The lowest BCUT2D eigenvalue weighted by atomic mass is 9.98. The van der Waals surface area contributed by atoms with E-state index in [0.29, 0.717) is 0 Å². The lowest BCUT2D eigenvalue weighted by Crippen LogP contribution is -1.92. The topological polar surface area (TPSA) is 0 Å². The minimum absolute atomic E-state index is 0.209. The van der Waals surface area contributed by atoms with Crippen LogP contribution >= 0.6 is 15.9 Å². The predicted octanol–water partition coefficient (Wildman–Crippen LogP) is 4.43. The summed E-state index contributed by atoms with van der Waals surface area (Å²) in [4.78, 5) is 0. The highest BCUT2D eigenvalue weighted by molar-refractivity contribution is 9.10. The molecular formula is C13H14Br. The van der Waals surface area contributed by atoms with Crippen LogP contribution in [0.1, 0.15) is 35.8 Å². The third kappa shape index (κ3) is 1.93. The number of rotatable bonds is 3. The lowest BCUT2D eigenvalue weighted by molar-refractivity contribution is 1.04. The van der Waals surface area contributed by atoms with Gasteiger partial charge in [-0.15, -0.1) is 6.58 Å². The van der Waals surface area contributed by atoms with E-state index in [2.05, 4.69) is 47.6 Å². The molecule has 0 nitrogen and oxygen atoms in total. The molecule has 1 saturated carbocycles. The van der Waals surface area contributed by atoms with Gasteiger partial charge < -0.3 is 0 Å². The van der Waals surface area contributed by atoms with Crippen LogP contribution in [0.15, 0.2) is 35.3 Å². The monoisotopic (exact) mass is 249 g/mol. The SMILES string of the molecule is [CH2]C(C=C)c1ccc(Br)c(C2CC2)c1. The molecule has 0 bridgehead atoms. The van der Waals surface area contributed by atoms with E-state index in [0.717, 1.165) is 5.92 Å². The van der Waals surface area contributed by atoms with Gasteiger partial charge in [-0.2, -0.15) is 0 Å². The molecule has 14 heavy (non-hydrogen) atoms. The van der Waals surface area contributed by atoms with Crippen LogP contribution in [-0.4, -0.2) is 0 Å². The van der Waals surface area contributed by atoms with Crippen molar-refractivity contribution in [3.8, 4) is 0 Å². The van der Waals surface area contributed by atoms with E-state index in [9.17, 15) is 0 Å². The van der Waals surface area contributed by atoms with Crippen molar-refractivity contribution >= 4 is 15.9 Å². The summed E-state index contributed by atoms with van der Waals surface area (Å²) in [7, 11) is 0. The summed E-state index contributed by atoms with van der Waals surface area (Å²) in [6.07, 6.45) is 4.55. The van der Waals surface area contributed by atoms with Crippen molar-refractivity contribution in [1.29, 1.82) is 0 Å². The summed E-state index contributed by atoms with van der Waals surface area (Å²) in [6, 6.07) is 6.51. The number of allylic oxidation sites excluding steroid dienone is 1. The van der Waals surface area contributed by atoms with Gasteiger partial charge in [-0.1, -0.05) is 34.1 Å². The van der Waals surface area contributed by atoms with Gasteiger partial charge in [0.05, 0.1) is 0 Å². The molecule has 1 aliphatic carbocycles. The van der Waals surface area contributed by atoms with Crippen LogP contribution in [0.3, 0.4) is 0 Å². The van der Waals surface area contributed by atoms with Gasteiger partial charge in [0.15, 0.2) is 0 Å². The first-order valence-corrected chi connectivity index (χ1v) is 5.76. The molecule has 0 spiro atoms. The molecule has 0 aromatic heterocycles. The van der Waals surface area contributed by atoms with Crippen molar-refractivity contribution in [2.45, 2.75) is 24.7 Å². The van der Waals surface area contributed by atoms with Crippen LogP contribution in [0, 0.1) is 6.92 Å². The maximum absolute atomic E-state index is 4.04. The van der Waals surface area contributed by atoms with Crippen molar-refractivity contribution < 1.29 is 0 Å². The number of hydrogen-bond donors (Lipinski definition) is 0. The van der Waals surface area contributed by atoms with E-state index < -0.39 is 0 Å². The maximum Gasteiger partial charge on any atom is 0.0210 e. The lowest BCUT2D eigenvalue weighted by Gasteiger charge is -2.10. The quantitative estimate of drug-likeness (QED) is 0.696. The second-order valence-electron chi connectivity index (χ2n) is 3.90. The molecule has 1 aliphatic rings. The average Bonchev–Trinajstić information content (AvgIpc) is 3.01. The molecule has 0 aliphatic heterocycles. The van der Waals surface area contributed by atoms with E-state index in [4.69, 9.17) is 0 Å². The minimum atomic E-state index is 0.209. The normalized spacial score (nSPS) is 17.9. The largest absolute Gasteiger partial charge is 0.102 e. The molecule has 73 valence electrons. The van der Waals surface area contributed by atoms with Gasteiger partial charge in [-0.25, -0.2) is 0 Å². The molecule has 0 heterocycles. The first-order chi connectivity index (χ1) is 6.72. The van der Waals surface area contributed by atoms with Crippen molar-refractivity contribution in [3.63, 3.8) is 0 Å². The van der Waals surface area contributed by atoms with E-state index in [-0.39, 0.29) is 5.92 Å². The van der Waals surface area contributed by atoms with Crippen LogP contribution in [0.25, 0.3) is 0 Å². The molecule has 0 N–H and O–H groups in total. The zero-order valence-electron chi connectivity index (χ0n) is 8.17. The first kappa shape index (κ1) is 9.97. The Hall–Kier alpha value is -0.560. The Morgan fingerprint density at radius 1 is 1.43 bits per heavy atom. The van der Waals surface area contributed by atoms with Crippen LogP contribution in [-0.2, 0) is 0 Å². The third-order valence-corrected chi connectivity index (χ3v) is 3.47. The third-order valence-electron chi connectivity index (χ3n) is 2.75. The fourth-order valence-corrected chi connectivity index (χ4v) is 2.21. The second-order valence-corrected chi connectivity index (χ2v) is 4.75. The highest BCUT2D eigenvalue weighted by atomic mass is 79.9. The second kappa shape index (κ2) is 3.90. The van der Waals surface area contributed by atoms with Gasteiger partial charge in [-0.05, 0) is 42.9 Å². The van der Waals surface area contributed by atoms with E-state index in [1.807, 2.05) is 6.08 Å². The Morgan fingerprint density at radius 2 is 2.14 bits per heavy atom. The summed E-state index contributed by atoms with van der Waals surface area (Å²) in [6.45, 7) is 7.82. The summed E-state index contributed by atoms with van der Waals surface area (Å²) >= 11 is 3.60. The summed E-state index contributed by atoms with van der Waals surface area (Å²) in [5.74, 6) is 0.988. The van der Waals surface area contributed by atoms with Gasteiger partial charge in [0.2, 0.25) is 0 Å². The smallest absolute Gasteiger partial charge is 0.0210 e. The van der Waals surface area contributed by atoms with Gasteiger partial charge in [-0.3, -0.25) is 0 Å². The van der Waals surface area contributed by atoms with E-state index in [1.54, 1.807) is 0 Å². The summed E-state index contributed by atoms with van der Waals surface area (Å²) in [5.41, 5.74) is 2.71. The molecule has 1 heteroatoms. The molecule has 1 unspecified atom stereocenters. The number of halogens is 1. The average molecular weight is 250 g/mol. The highest BCUT2D eigenvalue weighted by Crippen LogP contribution is 2.44. The highest BCUT2D eigenvalue weighted by Gasteiger charge is 2.25. The molecule has 0 amide bonds. The number of benzene rings is 1. The molecule has 1 aromatic carbocycles. The van der Waals surface area contributed by atoms with Crippen LogP contribution < -0.4 is 0 Å². The van der Waals surface area contributed by atoms with Crippen LogP contribution in [0.4, 0.5) is 0 Å². The molecule has 1 atom stereocenters. The Labute approximate surface area is 94.2 Å². The van der Waals surface area contributed by atoms with Crippen LogP contribution in [0.2, 0.25) is 0 Å². The molecule has 0 saturated heterocycles. The molecular weight excluding hydrogens is 236 g/mol. The van der Waals surface area contributed by atoms with Crippen LogP contribution in [0.5, 0.6) is 0 Å².